The Morgan fingerprint density at radius 1 is 1.00 bits per heavy atom. The van der Waals surface area contributed by atoms with Gasteiger partial charge in [-0.05, 0) is 57.4 Å². The molecule has 0 aliphatic heterocycles. The molecule has 0 saturated heterocycles. The van der Waals surface area contributed by atoms with Crippen molar-refractivity contribution in [3.05, 3.63) is 52.5 Å². The minimum absolute atomic E-state index is 0.0118. The Kier molecular flexibility index (Phi) is 5.07. The smallest absolute Gasteiger partial charge is 0.273 e. The van der Waals surface area contributed by atoms with Crippen molar-refractivity contribution in [1.82, 2.24) is 15.6 Å². The lowest BCUT2D eigenvalue weighted by Gasteiger charge is -2.11. The van der Waals surface area contributed by atoms with Crippen LogP contribution in [0.4, 0.5) is 0 Å². The Bertz CT molecular complexity index is 1010. The lowest BCUT2D eigenvalue weighted by atomic mass is 10.1. The Hall–Kier alpha value is -2.65. The maximum atomic E-state index is 12.4. The van der Waals surface area contributed by atoms with Gasteiger partial charge in [0.15, 0.2) is 0 Å². The fraction of sp³-hybridized carbons (Fsp3) is 0.333. The van der Waals surface area contributed by atoms with Crippen molar-refractivity contribution < 1.29 is 22.4 Å². The van der Waals surface area contributed by atoms with E-state index in [9.17, 15) is 18.0 Å². The number of rotatable bonds is 5. The molecule has 0 spiro atoms. The number of hydrazine groups is 1. The van der Waals surface area contributed by atoms with E-state index in [0.717, 1.165) is 12.8 Å². The van der Waals surface area contributed by atoms with E-state index in [4.69, 9.17) is 4.42 Å². The van der Waals surface area contributed by atoms with Crippen LogP contribution >= 0.6 is 0 Å². The zero-order chi connectivity index (χ0) is 19.8. The van der Waals surface area contributed by atoms with Gasteiger partial charge in [0.2, 0.25) is 10.0 Å². The fourth-order valence-corrected chi connectivity index (χ4v) is 3.94. The maximum absolute atomic E-state index is 12.4. The van der Waals surface area contributed by atoms with Gasteiger partial charge in [0.05, 0.1) is 10.5 Å². The summed E-state index contributed by atoms with van der Waals surface area (Å²) in [5.41, 5.74) is 5.69. The summed E-state index contributed by atoms with van der Waals surface area (Å²) in [6.07, 6.45) is 1.63. The van der Waals surface area contributed by atoms with Gasteiger partial charge >= 0.3 is 0 Å². The van der Waals surface area contributed by atoms with E-state index in [1.54, 1.807) is 32.9 Å². The third-order valence-electron chi connectivity index (χ3n) is 4.24. The molecule has 2 aromatic rings. The Labute approximate surface area is 157 Å². The van der Waals surface area contributed by atoms with Crippen molar-refractivity contribution in [3.8, 4) is 0 Å². The molecule has 1 aromatic heterocycles. The normalized spacial score (nSPS) is 14.0. The van der Waals surface area contributed by atoms with Crippen molar-refractivity contribution in [3.63, 3.8) is 0 Å². The van der Waals surface area contributed by atoms with Crippen molar-refractivity contribution >= 4 is 21.8 Å². The molecule has 0 bridgehead atoms. The number of furan rings is 1. The molecule has 0 unspecified atom stereocenters. The molecular formula is C18H21N3O5S. The molecule has 0 atom stereocenters. The first-order valence-corrected chi connectivity index (χ1v) is 9.96. The van der Waals surface area contributed by atoms with Gasteiger partial charge in [0, 0.05) is 11.6 Å². The van der Waals surface area contributed by atoms with E-state index in [2.05, 4.69) is 15.6 Å². The third kappa shape index (κ3) is 4.37. The van der Waals surface area contributed by atoms with E-state index in [-0.39, 0.29) is 16.5 Å². The molecule has 1 heterocycles. The standard InChI is InChI=1S/C18H21N3O5S/c1-10-4-7-14(27(24,25)21-13-5-6-13)9-15(10)17(22)19-20-18(23)16-8-11(2)26-12(16)3/h4,7-9,13,21H,5-6H2,1-3H3,(H,19,22)(H,20,23). The van der Waals surface area contributed by atoms with Crippen LogP contribution in [-0.2, 0) is 10.0 Å². The maximum Gasteiger partial charge on any atom is 0.273 e. The topological polar surface area (TPSA) is 118 Å². The molecule has 144 valence electrons. The van der Waals surface area contributed by atoms with E-state index >= 15 is 0 Å². The molecule has 27 heavy (non-hydrogen) atoms. The quantitative estimate of drug-likeness (QED) is 0.671. The van der Waals surface area contributed by atoms with Crippen LogP contribution < -0.4 is 15.6 Å². The summed E-state index contributed by atoms with van der Waals surface area (Å²) in [7, 11) is -3.68. The second-order valence-corrected chi connectivity index (χ2v) is 8.32. The van der Waals surface area contributed by atoms with Crippen LogP contribution in [0.5, 0.6) is 0 Å². The number of amides is 2. The minimum atomic E-state index is -3.68. The van der Waals surface area contributed by atoms with Gasteiger partial charge in [-0.25, -0.2) is 13.1 Å². The van der Waals surface area contributed by atoms with Gasteiger partial charge in [-0.2, -0.15) is 0 Å². The van der Waals surface area contributed by atoms with E-state index in [1.165, 1.54) is 12.1 Å². The highest BCUT2D eigenvalue weighted by Crippen LogP contribution is 2.23. The SMILES string of the molecule is Cc1cc(C(=O)NNC(=O)c2cc(S(=O)(=O)NC3CC3)ccc2C)c(C)o1. The lowest BCUT2D eigenvalue weighted by Crippen LogP contribution is -2.42. The summed E-state index contributed by atoms with van der Waals surface area (Å²) in [5.74, 6) is -0.104. The third-order valence-corrected chi connectivity index (χ3v) is 5.76. The molecule has 2 amide bonds. The molecule has 1 aliphatic carbocycles. The fourth-order valence-electron chi connectivity index (χ4n) is 2.61. The molecule has 1 aromatic carbocycles. The first-order chi connectivity index (χ1) is 12.7. The van der Waals surface area contributed by atoms with Crippen LogP contribution in [0.1, 0.15) is 50.6 Å². The van der Waals surface area contributed by atoms with Crippen molar-refractivity contribution in [1.29, 1.82) is 0 Å². The molecule has 0 radical (unpaired) electrons. The average molecular weight is 391 g/mol. The van der Waals surface area contributed by atoms with Crippen LogP contribution in [0.3, 0.4) is 0 Å². The zero-order valence-corrected chi connectivity index (χ0v) is 16.1. The van der Waals surface area contributed by atoms with Crippen molar-refractivity contribution in [2.45, 2.75) is 44.6 Å². The Morgan fingerprint density at radius 2 is 1.63 bits per heavy atom. The van der Waals surface area contributed by atoms with Crippen molar-refractivity contribution in [2.75, 3.05) is 0 Å². The average Bonchev–Trinajstić information content (AvgIpc) is 3.33. The van der Waals surface area contributed by atoms with Gasteiger partial charge in [-0.3, -0.25) is 20.4 Å². The Morgan fingerprint density at radius 3 is 2.19 bits per heavy atom. The number of hydrogen-bond acceptors (Lipinski definition) is 5. The lowest BCUT2D eigenvalue weighted by molar-refractivity contribution is 0.0845. The zero-order valence-electron chi connectivity index (χ0n) is 15.3. The first-order valence-electron chi connectivity index (χ1n) is 8.48. The summed E-state index contributed by atoms with van der Waals surface area (Å²) >= 11 is 0. The molecular weight excluding hydrogens is 370 g/mol. The summed E-state index contributed by atoms with van der Waals surface area (Å²) in [6.45, 7) is 5.05. The molecule has 1 fully saturated rings. The highest BCUT2D eigenvalue weighted by Gasteiger charge is 2.28. The van der Waals surface area contributed by atoms with Crippen LogP contribution in [0.2, 0.25) is 0 Å². The summed E-state index contributed by atoms with van der Waals surface area (Å²) in [6, 6.07) is 5.84. The van der Waals surface area contributed by atoms with Crippen LogP contribution in [0.25, 0.3) is 0 Å². The van der Waals surface area contributed by atoms with Crippen LogP contribution in [0, 0.1) is 20.8 Å². The van der Waals surface area contributed by atoms with Crippen LogP contribution in [-0.4, -0.2) is 26.3 Å². The summed E-state index contributed by atoms with van der Waals surface area (Å²) in [5, 5.41) is 0. The van der Waals surface area contributed by atoms with Gasteiger partial charge in [-0.15, -0.1) is 0 Å². The monoisotopic (exact) mass is 391 g/mol. The summed E-state index contributed by atoms with van der Waals surface area (Å²) < 4.78 is 32.5. The predicted molar refractivity (Wildman–Crippen MR) is 97.6 cm³/mol. The predicted octanol–water partition coefficient (Wildman–Crippen LogP) is 1.72. The second-order valence-electron chi connectivity index (χ2n) is 6.61. The van der Waals surface area contributed by atoms with Crippen LogP contribution in [0.15, 0.2) is 33.6 Å². The summed E-state index contributed by atoms with van der Waals surface area (Å²) in [4.78, 5) is 24.6. The Balaban J connectivity index is 1.73. The van der Waals surface area contributed by atoms with Gasteiger partial charge in [0.25, 0.3) is 11.8 Å². The molecule has 3 N–H and O–H groups in total. The van der Waals surface area contributed by atoms with E-state index < -0.39 is 21.8 Å². The number of hydrogen-bond donors (Lipinski definition) is 3. The number of aryl methyl sites for hydroxylation is 3. The largest absolute Gasteiger partial charge is 0.466 e. The van der Waals surface area contributed by atoms with Crippen molar-refractivity contribution in [2.24, 2.45) is 0 Å². The van der Waals surface area contributed by atoms with Gasteiger partial charge in [-0.1, -0.05) is 6.07 Å². The highest BCUT2D eigenvalue weighted by atomic mass is 32.2. The van der Waals surface area contributed by atoms with Gasteiger partial charge in [0.1, 0.15) is 11.5 Å². The highest BCUT2D eigenvalue weighted by molar-refractivity contribution is 7.89. The number of carbonyl (C=O) groups is 2. The molecule has 1 saturated carbocycles. The molecule has 8 nitrogen and oxygen atoms in total. The number of nitrogens with one attached hydrogen (secondary N) is 3. The molecule has 3 rings (SSSR count). The number of benzene rings is 1. The van der Waals surface area contributed by atoms with Gasteiger partial charge < -0.3 is 4.42 Å². The number of carbonyl (C=O) groups excluding carboxylic acids is 2. The first kappa shape index (κ1) is 19.1. The minimum Gasteiger partial charge on any atom is -0.466 e. The molecule has 9 heteroatoms. The van der Waals surface area contributed by atoms with E-state index in [1.807, 2.05) is 0 Å². The number of sulfonamides is 1. The second kappa shape index (κ2) is 7.16. The van der Waals surface area contributed by atoms with E-state index in [0.29, 0.717) is 22.6 Å². The molecule has 1 aliphatic rings.